The fourth-order valence-electron chi connectivity index (χ4n) is 4.21. The fourth-order valence-corrected chi connectivity index (χ4v) is 4.21. The molecule has 0 spiro atoms. The average molecular weight is 329 g/mol. The van der Waals surface area contributed by atoms with E-state index in [0.717, 1.165) is 56.9 Å². The summed E-state index contributed by atoms with van der Waals surface area (Å²) in [6, 6.07) is 4.45. The first kappa shape index (κ1) is 15.8. The van der Waals surface area contributed by atoms with Crippen LogP contribution in [0.25, 0.3) is 0 Å². The van der Waals surface area contributed by atoms with E-state index in [9.17, 15) is 4.79 Å². The molecule has 24 heavy (non-hydrogen) atoms. The molecule has 6 nitrogen and oxygen atoms in total. The Labute approximate surface area is 143 Å². The maximum absolute atomic E-state index is 12.8. The second-order valence-electron chi connectivity index (χ2n) is 7.22. The van der Waals surface area contributed by atoms with E-state index in [-0.39, 0.29) is 5.91 Å². The number of hydrogen-bond donors (Lipinski definition) is 2. The molecule has 0 aliphatic carbocycles. The summed E-state index contributed by atoms with van der Waals surface area (Å²) in [5.41, 5.74) is 7.29. The summed E-state index contributed by atoms with van der Waals surface area (Å²) in [7, 11) is 0. The van der Waals surface area contributed by atoms with Crippen molar-refractivity contribution in [2.45, 2.75) is 38.1 Å². The van der Waals surface area contributed by atoms with Crippen LogP contribution in [0.2, 0.25) is 0 Å². The van der Waals surface area contributed by atoms with E-state index in [1.54, 1.807) is 6.20 Å². The van der Waals surface area contributed by atoms with Gasteiger partial charge in [-0.05, 0) is 50.2 Å². The quantitative estimate of drug-likeness (QED) is 0.878. The van der Waals surface area contributed by atoms with Gasteiger partial charge in [0.05, 0.1) is 5.56 Å². The van der Waals surface area contributed by atoms with Gasteiger partial charge in [-0.1, -0.05) is 0 Å². The van der Waals surface area contributed by atoms with E-state index in [1.807, 2.05) is 17.0 Å². The zero-order valence-corrected chi connectivity index (χ0v) is 14.2. The van der Waals surface area contributed by atoms with Gasteiger partial charge in [0.1, 0.15) is 5.82 Å². The van der Waals surface area contributed by atoms with E-state index < -0.39 is 0 Å². The van der Waals surface area contributed by atoms with E-state index in [1.165, 1.54) is 19.3 Å². The lowest BCUT2D eigenvalue weighted by Gasteiger charge is -2.35. The second-order valence-corrected chi connectivity index (χ2v) is 7.22. The summed E-state index contributed by atoms with van der Waals surface area (Å²) < 4.78 is 0. The van der Waals surface area contributed by atoms with Crippen LogP contribution >= 0.6 is 0 Å². The molecular formula is C18H27N5O. The fraction of sp³-hybridized carbons (Fsp3) is 0.667. The Bertz CT molecular complexity index is 563. The number of anilines is 1. The Morgan fingerprint density at radius 2 is 2.00 bits per heavy atom. The maximum atomic E-state index is 12.8. The summed E-state index contributed by atoms with van der Waals surface area (Å²) in [6.07, 6.45) is 7.68. The van der Waals surface area contributed by atoms with Crippen LogP contribution in [0.15, 0.2) is 18.3 Å². The van der Waals surface area contributed by atoms with Gasteiger partial charge in [0.2, 0.25) is 0 Å². The van der Waals surface area contributed by atoms with Crippen molar-refractivity contribution in [3.8, 4) is 0 Å². The third kappa shape index (κ3) is 3.26. The van der Waals surface area contributed by atoms with Crippen molar-refractivity contribution in [3.63, 3.8) is 0 Å². The first-order chi connectivity index (χ1) is 11.8. The Balaban J connectivity index is 1.40. The number of rotatable bonds is 3. The monoisotopic (exact) mass is 329 g/mol. The predicted molar refractivity (Wildman–Crippen MR) is 93.9 cm³/mol. The summed E-state index contributed by atoms with van der Waals surface area (Å²) in [4.78, 5) is 21.7. The molecule has 3 aliphatic heterocycles. The largest absolute Gasteiger partial charge is 0.357 e. The molecule has 3 aliphatic rings. The lowest BCUT2D eigenvalue weighted by Crippen LogP contribution is -2.47. The SMILES string of the molecule is O=C(c1ccc(N2CCCC2)nc1)N1CCCC(C2CCNN2)C1. The number of aromatic nitrogens is 1. The number of hydrazine groups is 1. The van der Waals surface area contributed by atoms with Gasteiger partial charge in [-0.2, -0.15) is 0 Å². The van der Waals surface area contributed by atoms with Crippen molar-refractivity contribution in [1.82, 2.24) is 20.7 Å². The molecule has 1 amide bonds. The van der Waals surface area contributed by atoms with Crippen molar-refractivity contribution in [2.24, 2.45) is 5.92 Å². The molecular weight excluding hydrogens is 302 g/mol. The minimum Gasteiger partial charge on any atom is -0.357 e. The van der Waals surface area contributed by atoms with Gasteiger partial charge in [0.15, 0.2) is 0 Å². The maximum Gasteiger partial charge on any atom is 0.255 e. The van der Waals surface area contributed by atoms with Crippen molar-refractivity contribution >= 4 is 11.7 Å². The molecule has 130 valence electrons. The number of nitrogens with one attached hydrogen (secondary N) is 2. The number of hydrogen-bond acceptors (Lipinski definition) is 5. The van der Waals surface area contributed by atoms with Crippen LogP contribution in [-0.4, -0.2) is 54.6 Å². The third-order valence-corrected chi connectivity index (χ3v) is 5.61. The van der Waals surface area contributed by atoms with E-state index >= 15 is 0 Å². The lowest BCUT2D eigenvalue weighted by atomic mass is 9.89. The standard InChI is InChI=1S/C18H27N5O/c24-18(14-5-6-17(19-12-14)22-9-1-2-10-22)23-11-3-4-15(13-23)16-7-8-20-21-16/h5-6,12,15-16,20-21H,1-4,7-11,13H2. The lowest BCUT2D eigenvalue weighted by molar-refractivity contribution is 0.0649. The van der Waals surface area contributed by atoms with Gasteiger partial charge in [0.25, 0.3) is 5.91 Å². The summed E-state index contributed by atoms with van der Waals surface area (Å²) >= 11 is 0. The van der Waals surface area contributed by atoms with Gasteiger partial charge in [0, 0.05) is 45.0 Å². The normalized spacial score (nSPS) is 27.7. The molecule has 0 radical (unpaired) electrons. The molecule has 1 aromatic rings. The number of pyridine rings is 1. The van der Waals surface area contributed by atoms with Gasteiger partial charge in [-0.15, -0.1) is 0 Å². The number of amides is 1. The number of carbonyl (C=O) groups excluding carboxylic acids is 1. The van der Waals surface area contributed by atoms with Gasteiger partial charge >= 0.3 is 0 Å². The molecule has 3 fully saturated rings. The molecule has 3 saturated heterocycles. The number of carbonyl (C=O) groups is 1. The minimum absolute atomic E-state index is 0.131. The van der Waals surface area contributed by atoms with Crippen LogP contribution in [-0.2, 0) is 0 Å². The van der Waals surface area contributed by atoms with Crippen molar-refractivity contribution in [2.75, 3.05) is 37.6 Å². The Kier molecular flexibility index (Phi) is 4.67. The molecule has 2 atom stereocenters. The van der Waals surface area contributed by atoms with Crippen LogP contribution in [0, 0.1) is 5.92 Å². The molecule has 4 rings (SSSR count). The topological polar surface area (TPSA) is 60.5 Å². The zero-order chi connectivity index (χ0) is 16.4. The average Bonchev–Trinajstić information content (AvgIpc) is 3.35. The highest BCUT2D eigenvalue weighted by atomic mass is 16.2. The first-order valence-electron chi connectivity index (χ1n) is 9.30. The summed E-state index contributed by atoms with van der Waals surface area (Å²) in [5.74, 6) is 1.68. The highest BCUT2D eigenvalue weighted by molar-refractivity contribution is 5.94. The highest BCUT2D eigenvalue weighted by Gasteiger charge is 2.31. The van der Waals surface area contributed by atoms with Gasteiger partial charge < -0.3 is 9.80 Å². The Hall–Kier alpha value is -1.66. The summed E-state index contributed by atoms with van der Waals surface area (Å²) in [6.45, 7) is 4.90. The number of piperidine rings is 1. The van der Waals surface area contributed by atoms with Crippen LogP contribution in [0.3, 0.4) is 0 Å². The van der Waals surface area contributed by atoms with Gasteiger partial charge in [-0.25, -0.2) is 4.98 Å². The van der Waals surface area contributed by atoms with Crippen LogP contribution in [0.4, 0.5) is 5.82 Å². The molecule has 1 aromatic heterocycles. The molecule has 0 bridgehead atoms. The van der Waals surface area contributed by atoms with Crippen LogP contribution in [0.1, 0.15) is 42.5 Å². The third-order valence-electron chi connectivity index (χ3n) is 5.61. The molecule has 2 N–H and O–H groups in total. The Morgan fingerprint density at radius 1 is 1.12 bits per heavy atom. The molecule has 0 saturated carbocycles. The second kappa shape index (κ2) is 7.07. The van der Waals surface area contributed by atoms with Crippen LogP contribution in [0.5, 0.6) is 0 Å². The van der Waals surface area contributed by atoms with E-state index in [2.05, 4.69) is 20.7 Å². The predicted octanol–water partition coefficient (Wildman–Crippen LogP) is 1.40. The zero-order valence-electron chi connectivity index (χ0n) is 14.2. The first-order valence-corrected chi connectivity index (χ1v) is 9.30. The van der Waals surface area contributed by atoms with E-state index in [0.29, 0.717) is 12.0 Å². The highest BCUT2D eigenvalue weighted by Crippen LogP contribution is 2.24. The molecule has 0 aromatic carbocycles. The molecule has 4 heterocycles. The minimum atomic E-state index is 0.131. The van der Waals surface area contributed by atoms with E-state index in [4.69, 9.17) is 0 Å². The van der Waals surface area contributed by atoms with Crippen LogP contribution < -0.4 is 15.8 Å². The molecule has 6 heteroatoms. The Morgan fingerprint density at radius 3 is 2.71 bits per heavy atom. The smallest absolute Gasteiger partial charge is 0.255 e. The van der Waals surface area contributed by atoms with Crippen molar-refractivity contribution in [3.05, 3.63) is 23.9 Å². The summed E-state index contributed by atoms with van der Waals surface area (Å²) in [5, 5.41) is 0. The van der Waals surface area contributed by atoms with Crippen molar-refractivity contribution < 1.29 is 4.79 Å². The number of nitrogens with zero attached hydrogens (tertiary/aromatic N) is 3. The molecule has 2 unspecified atom stereocenters. The number of likely N-dealkylation sites (tertiary alicyclic amines) is 1. The van der Waals surface area contributed by atoms with Gasteiger partial charge in [-0.3, -0.25) is 15.6 Å². The van der Waals surface area contributed by atoms with Crippen molar-refractivity contribution in [1.29, 1.82) is 0 Å².